The number of likely N-dealkylation sites (N-methyl/N-ethyl adjacent to an activating group) is 1. The number of hydrogen-bond acceptors (Lipinski definition) is 8. The van der Waals surface area contributed by atoms with E-state index in [2.05, 4.69) is 34.9 Å². The van der Waals surface area contributed by atoms with Crippen molar-refractivity contribution in [3.8, 4) is 11.1 Å². The Hall–Kier alpha value is -5.85. The molecule has 0 fully saturated rings. The first kappa shape index (κ1) is 46.6. The second kappa shape index (κ2) is 22.0. The zero-order chi connectivity index (χ0) is 45.0. The van der Waals surface area contributed by atoms with E-state index in [0.29, 0.717) is 24.3 Å². The van der Waals surface area contributed by atoms with E-state index in [9.17, 15) is 24.3 Å². The van der Waals surface area contributed by atoms with E-state index in [1.165, 1.54) is 11.3 Å². The first-order valence-corrected chi connectivity index (χ1v) is 22.8. The molecule has 3 amide bonds. The number of benzene rings is 4. The summed E-state index contributed by atoms with van der Waals surface area (Å²) in [6, 6.07) is 34.1. The summed E-state index contributed by atoms with van der Waals surface area (Å²) < 4.78 is 12.5. The summed E-state index contributed by atoms with van der Waals surface area (Å²) in [5.41, 5.74) is 6.63. The number of carboxylic acid groups (broad SMARTS) is 1. The predicted octanol–water partition coefficient (Wildman–Crippen LogP) is 9.68. The molecule has 0 radical (unpaired) electrons. The predicted molar refractivity (Wildman–Crippen MR) is 246 cm³/mol. The Bertz CT molecular complexity index is 2260. The molecule has 4 aromatic carbocycles. The minimum Gasteiger partial charge on any atom is -0.481 e. The maximum Gasteiger partial charge on any atom is 0.407 e. The molecular weight excluding hydrogens is 813 g/mol. The van der Waals surface area contributed by atoms with Crippen molar-refractivity contribution < 1.29 is 33.8 Å². The standard InChI is InChI=1S/C51H60N4O7S/c1-7-33(4)46(54-51(60)62-30-42-40-24-16-14-22-38(40)39-23-15-17-25-41(39)42)49(57)55(6)44(32(2)3)28-45(61-29-36-20-12-9-13-21-36)48-53-43(31-63-48)47(56)52-37(26-34(5)50(58)59)27-35-18-10-8-11-19-35/h8-25,31-34,37,42,44-46H,7,26-30H2,1-6H3,(H,52,56)(H,54,60)(H,58,59)/t33-,34?,37?,44+,45+,46-/m0/s1. The van der Waals surface area contributed by atoms with Crippen molar-refractivity contribution >= 4 is 35.2 Å². The van der Waals surface area contributed by atoms with Crippen LogP contribution in [0.2, 0.25) is 0 Å². The maximum absolute atomic E-state index is 14.6. The second-order valence-electron chi connectivity index (χ2n) is 17.0. The van der Waals surface area contributed by atoms with Crippen molar-refractivity contribution in [2.75, 3.05) is 13.7 Å². The van der Waals surface area contributed by atoms with Crippen LogP contribution in [0.1, 0.15) is 104 Å². The van der Waals surface area contributed by atoms with Gasteiger partial charge >= 0.3 is 12.1 Å². The summed E-state index contributed by atoms with van der Waals surface area (Å²) in [5, 5.41) is 17.9. The number of alkyl carbamates (subject to hydrolysis) is 1. The lowest BCUT2D eigenvalue weighted by molar-refractivity contribution is -0.141. The lowest BCUT2D eigenvalue weighted by Crippen LogP contribution is -2.54. The number of nitrogens with zero attached hydrogens (tertiary/aromatic N) is 2. The highest BCUT2D eigenvalue weighted by Crippen LogP contribution is 2.44. The third-order valence-electron chi connectivity index (χ3n) is 12.2. The minimum absolute atomic E-state index is 0.0217. The van der Waals surface area contributed by atoms with Gasteiger partial charge in [0, 0.05) is 36.9 Å². The summed E-state index contributed by atoms with van der Waals surface area (Å²) in [6.45, 7) is 10.1. The Kier molecular flexibility index (Phi) is 16.3. The third-order valence-corrected chi connectivity index (χ3v) is 13.1. The second-order valence-corrected chi connectivity index (χ2v) is 17.9. The number of thiazole rings is 1. The van der Waals surface area contributed by atoms with Crippen molar-refractivity contribution in [3.63, 3.8) is 0 Å². The molecule has 1 aromatic heterocycles. The maximum atomic E-state index is 14.6. The molecule has 1 heterocycles. The van der Waals surface area contributed by atoms with Gasteiger partial charge in [0.15, 0.2) is 0 Å². The van der Waals surface area contributed by atoms with E-state index < -0.39 is 42.1 Å². The van der Waals surface area contributed by atoms with E-state index in [1.807, 2.05) is 113 Å². The fourth-order valence-corrected chi connectivity index (χ4v) is 9.22. The number of nitrogens with one attached hydrogen (secondary N) is 2. The monoisotopic (exact) mass is 872 g/mol. The molecule has 63 heavy (non-hydrogen) atoms. The summed E-state index contributed by atoms with van der Waals surface area (Å²) in [4.78, 5) is 60.2. The van der Waals surface area contributed by atoms with E-state index >= 15 is 0 Å². The molecule has 0 bridgehead atoms. The lowest BCUT2D eigenvalue weighted by atomic mass is 9.93. The van der Waals surface area contributed by atoms with Crippen LogP contribution in [0.4, 0.5) is 4.79 Å². The number of carbonyl (C=O) groups is 4. The van der Waals surface area contributed by atoms with Crippen LogP contribution >= 0.6 is 11.3 Å². The number of carbonyl (C=O) groups excluding carboxylic acids is 3. The van der Waals surface area contributed by atoms with Crippen molar-refractivity contribution in [2.24, 2.45) is 17.8 Å². The van der Waals surface area contributed by atoms with Crippen molar-refractivity contribution in [1.82, 2.24) is 20.5 Å². The first-order valence-electron chi connectivity index (χ1n) is 21.9. The number of amides is 3. The molecule has 0 aliphatic heterocycles. The molecule has 6 rings (SSSR count). The minimum atomic E-state index is -0.927. The Labute approximate surface area is 375 Å². The van der Waals surface area contributed by atoms with Gasteiger partial charge in [-0.2, -0.15) is 0 Å². The molecule has 1 aliphatic carbocycles. The molecule has 2 unspecified atom stereocenters. The van der Waals surface area contributed by atoms with E-state index in [4.69, 9.17) is 14.5 Å². The quantitative estimate of drug-likeness (QED) is 0.0661. The van der Waals surface area contributed by atoms with Gasteiger partial charge in [0.2, 0.25) is 5.91 Å². The summed E-state index contributed by atoms with van der Waals surface area (Å²) in [6.07, 6.45) is 0.490. The number of aliphatic carboxylic acids is 1. The lowest BCUT2D eigenvalue weighted by Gasteiger charge is -2.37. The van der Waals surface area contributed by atoms with E-state index in [0.717, 1.165) is 33.4 Å². The van der Waals surface area contributed by atoms with Crippen molar-refractivity contribution in [2.45, 2.75) is 97.1 Å². The largest absolute Gasteiger partial charge is 0.481 e. The normalized spacial score (nSPS) is 15.0. The number of hydrogen-bond donors (Lipinski definition) is 3. The van der Waals surface area contributed by atoms with Crippen LogP contribution in [0.3, 0.4) is 0 Å². The van der Waals surface area contributed by atoms with Crippen molar-refractivity contribution in [1.29, 1.82) is 0 Å². The van der Waals surface area contributed by atoms with Gasteiger partial charge in [0.25, 0.3) is 5.91 Å². The molecule has 12 heteroatoms. The van der Waals surface area contributed by atoms with Crippen LogP contribution in [-0.4, -0.2) is 70.6 Å². The van der Waals surface area contributed by atoms with Gasteiger partial charge in [-0.3, -0.25) is 14.4 Å². The van der Waals surface area contributed by atoms with E-state index in [-0.39, 0.29) is 55.0 Å². The zero-order valence-electron chi connectivity index (χ0n) is 37.0. The molecule has 0 spiro atoms. The Morgan fingerprint density at radius 3 is 1.97 bits per heavy atom. The SMILES string of the molecule is CC[C@H](C)[C@H](NC(=O)OCC1c2ccccc2-c2ccccc21)C(=O)N(C)[C@H](C[C@@H](OCc1ccccc1)c1nc(C(=O)NC(Cc2ccccc2)CC(C)C(=O)O)cs1)C(C)C. The van der Waals surface area contributed by atoms with Gasteiger partial charge in [-0.05, 0) is 58.1 Å². The van der Waals surface area contributed by atoms with Crippen LogP contribution < -0.4 is 10.6 Å². The molecule has 0 saturated heterocycles. The summed E-state index contributed by atoms with van der Waals surface area (Å²) in [5.74, 6) is -2.56. The smallest absolute Gasteiger partial charge is 0.407 e. The van der Waals surface area contributed by atoms with Crippen LogP contribution in [0, 0.1) is 17.8 Å². The van der Waals surface area contributed by atoms with Crippen LogP contribution in [0.25, 0.3) is 11.1 Å². The van der Waals surface area contributed by atoms with Gasteiger partial charge in [-0.1, -0.05) is 150 Å². The molecule has 0 saturated carbocycles. The number of carboxylic acids is 1. The van der Waals surface area contributed by atoms with Gasteiger partial charge in [-0.25, -0.2) is 9.78 Å². The topological polar surface area (TPSA) is 147 Å². The highest BCUT2D eigenvalue weighted by molar-refractivity contribution is 7.09. The zero-order valence-corrected chi connectivity index (χ0v) is 37.8. The molecule has 11 nitrogen and oxygen atoms in total. The Morgan fingerprint density at radius 1 is 0.794 bits per heavy atom. The number of ether oxygens (including phenoxy) is 2. The van der Waals surface area contributed by atoms with Gasteiger partial charge in [0.1, 0.15) is 29.5 Å². The van der Waals surface area contributed by atoms with E-state index in [1.54, 1.807) is 24.3 Å². The molecule has 5 aromatic rings. The van der Waals surface area contributed by atoms with Crippen molar-refractivity contribution in [3.05, 3.63) is 148 Å². The number of aromatic nitrogens is 1. The molecule has 3 N–H and O–H groups in total. The number of fused-ring (bicyclic) bond motifs is 3. The average Bonchev–Trinajstić information content (AvgIpc) is 3.91. The molecular formula is C51H60N4O7S. The molecule has 6 atom stereocenters. The van der Waals surface area contributed by atoms with Crippen LogP contribution in [-0.2, 0) is 32.1 Å². The number of rotatable bonds is 21. The fourth-order valence-electron chi connectivity index (χ4n) is 8.36. The molecule has 1 aliphatic rings. The summed E-state index contributed by atoms with van der Waals surface area (Å²) >= 11 is 1.31. The first-order chi connectivity index (χ1) is 30.3. The van der Waals surface area contributed by atoms with Crippen LogP contribution in [0.15, 0.2) is 115 Å². The Balaban J connectivity index is 1.17. The Morgan fingerprint density at radius 2 is 1.38 bits per heavy atom. The average molecular weight is 873 g/mol. The third kappa shape index (κ3) is 12.0. The summed E-state index contributed by atoms with van der Waals surface area (Å²) in [7, 11) is 1.77. The molecule has 332 valence electrons. The van der Waals surface area contributed by atoms with Gasteiger partial charge in [-0.15, -0.1) is 11.3 Å². The fraction of sp³-hybridized carbons (Fsp3) is 0.392. The highest BCUT2D eigenvalue weighted by atomic mass is 32.1. The highest BCUT2D eigenvalue weighted by Gasteiger charge is 2.36. The van der Waals surface area contributed by atoms with Gasteiger partial charge < -0.3 is 30.1 Å². The van der Waals surface area contributed by atoms with Gasteiger partial charge in [0.05, 0.1) is 12.5 Å². The van der Waals surface area contributed by atoms with Crippen LogP contribution in [0.5, 0.6) is 0 Å².